The quantitative estimate of drug-likeness (QED) is 0.352. The molecule has 0 fully saturated rings. The van der Waals surface area contributed by atoms with Crippen molar-refractivity contribution in [3.8, 4) is 5.75 Å². The third-order valence-electron chi connectivity index (χ3n) is 2.76. The first-order valence-corrected chi connectivity index (χ1v) is 5.72. The zero-order valence-electron chi connectivity index (χ0n) is 10.6. The van der Waals surface area contributed by atoms with Crippen molar-refractivity contribution in [2.24, 2.45) is 5.84 Å². The van der Waals surface area contributed by atoms with Gasteiger partial charge in [-0.05, 0) is 17.7 Å². The van der Waals surface area contributed by atoms with Gasteiger partial charge in [-0.3, -0.25) is 9.59 Å². The maximum Gasteiger partial charge on any atom is 0.336 e. The van der Waals surface area contributed by atoms with Crippen molar-refractivity contribution in [1.82, 2.24) is 5.01 Å². The van der Waals surface area contributed by atoms with Crippen molar-refractivity contribution in [2.75, 3.05) is 0 Å². The van der Waals surface area contributed by atoms with Crippen LogP contribution in [0.3, 0.4) is 0 Å². The molecule has 3 N–H and O–H groups in total. The highest BCUT2D eigenvalue weighted by molar-refractivity contribution is 5.96. The van der Waals surface area contributed by atoms with Gasteiger partial charge in [0.2, 0.25) is 11.8 Å². The summed E-state index contributed by atoms with van der Waals surface area (Å²) < 4.78 is 4.93. The Morgan fingerprint density at radius 1 is 1.35 bits per heavy atom. The molecule has 0 saturated carbocycles. The number of phenols is 1. The molecule has 2 amide bonds. The Balaban J connectivity index is 2.47. The fraction of sp³-hybridized carbons (Fsp3) is 0.154. The van der Waals surface area contributed by atoms with Crippen LogP contribution in [0, 0.1) is 0 Å². The second-order valence-corrected chi connectivity index (χ2v) is 4.23. The molecule has 0 bridgehead atoms. The van der Waals surface area contributed by atoms with E-state index in [-0.39, 0.29) is 17.8 Å². The summed E-state index contributed by atoms with van der Waals surface area (Å²) in [6.45, 7) is 1.16. The van der Waals surface area contributed by atoms with E-state index in [1.165, 1.54) is 18.2 Å². The molecule has 2 aromatic rings. The van der Waals surface area contributed by atoms with Crippen LogP contribution >= 0.6 is 0 Å². The highest BCUT2D eigenvalue weighted by atomic mass is 16.4. The Bertz CT molecular complexity index is 750. The smallest absolute Gasteiger partial charge is 0.336 e. The summed E-state index contributed by atoms with van der Waals surface area (Å²) in [5.41, 5.74) is -0.123. The van der Waals surface area contributed by atoms with Crippen LogP contribution in [0.2, 0.25) is 0 Å². The molecule has 7 nitrogen and oxygen atoms in total. The van der Waals surface area contributed by atoms with E-state index < -0.39 is 17.4 Å². The Morgan fingerprint density at radius 3 is 2.70 bits per heavy atom. The molecule has 0 radical (unpaired) electrons. The maximum atomic E-state index is 11.8. The summed E-state index contributed by atoms with van der Waals surface area (Å²) in [5, 5.41) is 10.3. The molecule has 0 aliphatic rings. The van der Waals surface area contributed by atoms with Crippen LogP contribution in [-0.2, 0) is 16.0 Å². The topological polar surface area (TPSA) is 114 Å². The number of amides is 2. The molecule has 20 heavy (non-hydrogen) atoms. The van der Waals surface area contributed by atoms with E-state index >= 15 is 0 Å². The summed E-state index contributed by atoms with van der Waals surface area (Å²) in [6, 6.07) is 5.35. The second kappa shape index (κ2) is 5.14. The van der Waals surface area contributed by atoms with Gasteiger partial charge in [0, 0.05) is 24.4 Å². The molecule has 1 aromatic carbocycles. The molecule has 0 unspecified atom stereocenters. The number of hydrazine groups is 1. The van der Waals surface area contributed by atoms with Gasteiger partial charge in [-0.15, -0.1) is 0 Å². The van der Waals surface area contributed by atoms with Gasteiger partial charge in [0.15, 0.2) is 0 Å². The van der Waals surface area contributed by atoms with E-state index in [9.17, 15) is 19.5 Å². The molecule has 0 spiro atoms. The average molecular weight is 276 g/mol. The van der Waals surface area contributed by atoms with E-state index in [4.69, 9.17) is 10.3 Å². The van der Waals surface area contributed by atoms with Gasteiger partial charge in [0.1, 0.15) is 11.3 Å². The zero-order valence-corrected chi connectivity index (χ0v) is 10.6. The third kappa shape index (κ3) is 2.67. The Morgan fingerprint density at radius 2 is 2.05 bits per heavy atom. The lowest BCUT2D eigenvalue weighted by Crippen LogP contribution is -2.42. The van der Waals surface area contributed by atoms with Crippen molar-refractivity contribution in [1.29, 1.82) is 0 Å². The number of nitrogens with two attached hydrogens (primary N) is 1. The predicted octanol–water partition coefficient (Wildman–Crippen LogP) is 0.290. The zero-order chi connectivity index (χ0) is 14.9. The van der Waals surface area contributed by atoms with Crippen LogP contribution in [-0.4, -0.2) is 21.9 Å². The summed E-state index contributed by atoms with van der Waals surface area (Å²) in [6.07, 6.45) is -0.219. The van der Waals surface area contributed by atoms with Crippen LogP contribution in [0.5, 0.6) is 5.75 Å². The highest BCUT2D eigenvalue weighted by Gasteiger charge is 2.16. The van der Waals surface area contributed by atoms with Gasteiger partial charge < -0.3 is 9.52 Å². The fourth-order valence-corrected chi connectivity index (χ4v) is 1.79. The van der Waals surface area contributed by atoms with E-state index in [1.54, 1.807) is 0 Å². The SMILES string of the molecule is CC(=O)N(N)C(=O)Cc1cc(=O)oc2cc(O)ccc12. The number of carbonyl (C=O) groups excluding carboxylic acids is 2. The number of hydrogen-bond donors (Lipinski definition) is 2. The molecule has 104 valence electrons. The third-order valence-corrected chi connectivity index (χ3v) is 2.76. The van der Waals surface area contributed by atoms with Crippen LogP contribution in [0.15, 0.2) is 33.5 Å². The summed E-state index contributed by atoms with van der Waals surface area (Å²) in [5.74, 6) is 4.01. The van der Waals surface area contributed by atoms with Gasteiger partial charge in [-0.25, -0.2) is 15.6 Å². The number of rotatable bonds is 2. The van der Waals surface area contributed by atoms with Crippen LogP contribution in [0.4, 0.5) is 0 Å². The molecule has 0 aliphatic heterocycles. The number of imide groups is 1. The second-order valence-electron chi connectivity index (χ2n) is 4.23. The van der Waals surface area contributed by atoms with Gasteiger partial charge in [0.05, 0.1) is 6.42 Å². The van der Waals surface area contributed by atoms with Crippen molar-refractivity contribution >= 4 is 22.8 Å². The highest BCUT2D eigenvalue weighted by Crippen LogP contribution is 2.22. The molecule has 0 saturated heterocycles. The molecule has 0 aliphatic carbocycles. The molecule has 2 rings (SSSR count). The average Bonchev–Trinajstić information content (AvgIpc) is 2.36. The summed E-state index contributed by atoms with van der Waals surface area (Å²) >= 11 is 0. The Hall–Kier alpha value is -2.67. The number of nitrogens with zero attached hydrogens (tertiary/aromatic N) is 1. The largest absolute Gasteiger partial charge is 0.508 e. The molecular formula is C13H12N2O5. The van der Waals surface area contributed by atoms with Crippen LogP contribution < -0.4 is 11.5 Å². The lowest BCUT2D eigenvalue weighted by atomic mass is 10.1. The van der Waals surface area contributed by atoms with E-state index in [1.807, 2.05) is 0 Å². The minimum absolute atomic E-state index is 0.0617. The number of phenolic OH excluding ortho intramolecular Hbond substituents is 1. The van der Waals surface area contributed by atoms with E-state index in [0.717, 1.165) is 13.0 Å². The minimum Gasteiger partial charge on any atom is -0.508 e. The normalized spacial score (nSPS) is 10.5. The minimum atomic E-state index is -0.655. The van der Waals surface area contributed by atoms with Crippen LogP contribution in [0.25, 0.3) is 11.0 Å². The monoisotopic (exact) mass is 276 g/mol. The summed E-state index contributed by atoms with van der Waals surface area (Å²) in [4.78, 5) is 34.2. The van der Waals surface area contributed by atoms with Crippen molar-refractivity contribution in [3.63, 3.8) is 0 Å². The lowest BCUT2D eigenvalue weighted by Gasteiger charge is -2.12. The first kappa shape index (κ1) is 13.8. The summed E-state index contributed by atoms with van der Waals surface area (Å²) in [7, 11) is 0. The predicted molar refractivity (Wildman–Crippen MR) is 69.6 cm³/mol. The van der Waals surface area contributed by atoms with Crippen molar-refractivity contribution < 1.29 is 19.1 Å². The van der Waals surface area contributed by atoms with Gasteiger partial charge in [0.25, 0.3) is 0 Å². The van der Waals surface area contributed by atoms with Crippen molar-refractivity contribution in [2.45, 2.75) is 13.3 Å². The maximum absolute atomic E-state index is 11.8. The molecule has 1 aromatic heterocycles. The number of aromatic hydroxyl groups is 1. The van der Waals surface area contributed by atoms with Crippen molar-refractivity contribution in [3.05, 3.63) is 40.2 Å². The fourth-order valence-electron chi connectivity index (χ4n) is 1.79. The van der Waals surface area contributed by atoms with Gasteiger partial charge in [-0.1, -0.05) is 0 Å². The molecule has 7 heteroatoms. The standard InChI is InChI=1S/C13H12N2O5/c1-7(16)15(14)12(18)4-8-5-13(19)20-11-6-9(17)2-3-10(8)11/h2-3,5-6,17H,4,14H2,1H3. The lowest BCUT2D eigenvalue weighted by molar-refractivity contribution is -0.143. The van der Waals surface area contributed by atoms with Gasteiger partial charge in [-0.2, -0.15) is 0 Å². The van der Waals surface area contributed by atoms with E-state index in [0.29, 0.717) is 16.0 Å². The first-order valence-electron chi connectivity index (χ1n) is 5.72. The van der Waals surface area contributed by atoms with E-state index in [2.05, 4.69) is 0 Å². The number of benzene rings is 1. The first-order chi connectivity index (χ1) is 9.38. The molecule has 0 atom stereocenters. The van der Waals surface area contributed by atoms with Crippen LogP contribution in [0.1, 0.15) is 12.5 Å². The Kier molecular flexibility index (Phi) is 3.53. The Labute approximate surface area is 113 Å². The number of carbonyl (C=O) groups is 2. The molecular weight excluding hydrogens is 264 g/mol. The molecule has 1 heterocycles. The number of hydrogen-bond acceptors (Lipinski definition) is 6. The number of fused-ring (bicyclic) bond motifs is 1. The van der Waals surface area contributed by atoms with Gasteiger partial charge >= 0.3 is 5.63 Å².